The topological polar surface area (TPSA) is 61.1 Å². The van der Waals surface area contributed by atoms with Crippen LogP contribution in [0.3, 0.4) is 0 Å². The van der Waals surface area contributed by atoms with Crippen LogP contribution in [0.5, 0.6) is 0 Å². The summed E-state index contributed by atoms with van der Waals surface area (Å²) in [5, 5.41) is 7.84. The molecule has 2 N–H and O–H groups in total. The third-order valence-corrected chi connectivity index (χ3v) is 2.45. The van der Waals surface area contributed by atoms with Crippen LogP contribution in [0.15, 0.2) is 24.3 Å². The number of nitrogen functional groups attached to an aromatic ring is 1. The van der Waals surface area contributed by atoms with E-state index in [1.54, 1.807) is 0 Å². The van der Waals surface area contributed by atoms with E-state index in [2.05, 4.69) is 10.2 Å². The minimum atomic E-state index is 0.428. The summed E-state index contributed by atoms with van der Waals surface area (Å²) in [6.45, 7) is 0. The third-order valence-electron chi connectivity index (χ3n) is 2.45. The zero-order valence-corrected chi connectivity index (χ0v) is 7.68. The molecule has 2 heterocycles. The fourth-order valence-corrected chi connectivity index (χ4v) is 1.78. The van der Waals surface area contributed by atoms with E-state index in [1.807, 2.05) is 40.3 Å². The van der Waals surface area contributed by atoms with Gasteiger partial charge < -0.3 is 10.3 Å². The first-order valence-electron chi connectivity index (χ1n) is 4.33. The van der Waals surface area contributed by atoms with Crippen LogP contribution >= 0.6 is 0 Å². The number of imidazole rings is 1. The molecule has 0 atom stereocenters. The minimum Gasteiger partial charge on any atom is -0.368 e. The van der Waals surface area contributed by atoms with Gasteiger partial charge >= 0.3 is 0 Å². The fourth-order valence-electron chi connectivity index (χ4n) is 1.78. The third kappa shape index (κ3) is 0.693. The number of hydrogen-bond donors (Lipinski definition) is 1. The highest BCUT2D eigenvalue weighted by atomic mass is 15.4. The van der Waals surface area contributed by atoms with Crippen molar-refractivity contribution in [1.29, 1.82) is 0 Å². The largest absolute Gasteiger partial charge is 0.368 e. The molecule has 0 aliphatic carbocycles. The van der Waals surface area contributed by atoms with E-state index in [4.69, 9.17) is 5.73 Å². The maximum absolute atomic E-state index is 5.73. The van der Waals surface area contributed by atoms with Crippen LogP contribution in [-0.4, -0.2) is 19.2 Å². The van der Waals surface area contributed by atoms with Gasteiger partial charge in [-0.1, -0.05) is 12.1 Å². The van der Waals surface area contributed by atoms with Crippen molar-refractivity contribution in [2.45, 2.75) is 0 Å². The van der Waals surface area contributed by atoms with Crippen LogP contribution < -0.4 is 5.73 Å². The SMILES string of the molecule is Cn1c2ccccc2n2c(N)nnc12. The van der Waals surface area contributed by atoms with Gasteiger partial charge in [0.25, 0.3) is 0 Å². The van der Waals surface area contributed by atoms with E-state index >= 15 is 0 Å². The molecule has 0 saturated carbocycles. The molecule has 3 rings (SSSR count). The number of para-hydroxylation sites is 2. The molecule has 5 heteroatoms. The number of aryl methyl sites for hydroxylation is 1. The van der Waals surface area contributed by atoms with E-state index in [1.165, 1.54) is 0 Å². The summed E-state index contributed by atoms with van der Waals surface area (Å²) in [7, 11) is 1.95. The fraction of sp³-hybridized carbons (Fsp3) is 0.111. The number of anilines is 1. The first kappa shape index (κ1) is 7.37. The quantitative estimate of drug-likeness (QED) is 0.566. The summed E-state index contributed by atoms with van der Waals surface area (Å²) >= 11 is 0. The Kier molecular flexibility index (Phi) is 1.19. The van der Waals surface area contributed by atoms with E-state index in [0.717, 1.165) is 16.8 Å². The van der Waals surface area contributed by atoms with Crippen LogP contribution in [0, 0.1) is 0 Å². The number of hydrogen-bond acceptors (Lipinski definition) is 3. The monoisotopic (exact) mass is 187 g/mol. The molecule has 0 fully saturated rings. The van der Waals surface area contributed by atoms with Crippen molar-refractivity contribution in [2.24, 2.45) is 7.05 Å². The molecule has 0 saturated heterocycles. The van der Waals surface area contributed by atoms with Crippen molar-refractivity contribution < 1.29 is 0 Å². The van der Waals surface area contributed by atoms with Crippen molar-refractivity contribution in [2.75, 3.05) is 5.73 Å². The number of rotatable bonds is 0. The molecule has 3 aromatic rings. The molecular weight excluding hydrogens is 178 g/mol. The standard InChI is InChI=1S/C9H9N5/c1-13-6-4-2-3-5-7(6)14-8(10)11-12-9(13)14/h2-5H,1H3,(H2,10,11). The summed E-state index contributed by atoms with van der Waals surface area (Å²) in [5.74, 6) is 1.19. The lowest BCUT2D eigenvalue weighted by Crippen LogP contribution is -1.92. The van der Waals surface area contributed by atoms with Gasteiger partial charge in [-0.3, -0.25) is 0 Å². The lowest BCUT2D eigenvalue weighted by atomic mass is 10.3. The summed E-state index contributed by atoms with van der Waals surface area (Å²) in [6, 6.07) is 8.00. The zero-order chi connectivity index (χ0) is 9.71. The Morgan fingerprint density at radius 3 is 2.64 bits per heavy atom. The highest BCUT2D eigenvalue weighted by molar-refractivity contribution is 5.81. The Balaban J connectivity index is 2.70. The van der Waals surface area contributed by atoms with Crippen molar-refractivity contribution >= 4 is 22.8 Å². The van der Waals surface area contributed by atoms with Gasteiger partial charge in [-0.25, -0.2) is 4.40 Å². The molecule has 0 radical (unpaired) electrons. The van der Waals surface area contributed by atoms with Crippen LogP contribution in [0.4, 0.5) is 5.95 Å². The average molecular weight is 187 g/mol. The van der Waals surface area contributed by atoms with Crippen molar-refractivity contribution in [1.82, 2.24) is 19.2 Å². The number of aromatic nitrogens is 4. The molecule has 5 nitrogen and oxygen atoms in total. The number of nitrogens with zero attached hydrogens (tertiary/aromatic N) is 4. The van der Waals surface area contributed by atoms with Gasteiger partial charge in [-0.05, 0) is 12.1 Å². The first-order chi connectivity index (χ1) is 6.79. The van der Waals surface area contributed by atoms with Gasteiger partial charge in [0, 0.05) is 7.05 Å². The predicted octanol–water partition coefficient (Wildman–Crippen LogP) is 0.803. The molecular formula is C9H9N5. The van der Waals surface area contributed by atoms with Crippen LogP contribution in [0.25, 0.3) is 16.8 Å². The molecule has 0 aliphatic heterocycles. The van der Waals surface area contributed by atoms with Crippen LogP contribution in [0.2, 0.25) is 0 Å². The van der Waals surface area contributed by atoms with E-state index in [9.17, 15) is 0 Å². The summed E-state index contributed by atoms with van der Waals surface area (Å²) in [4.78, 5) is 0. The summed E-state index contributed by atoms with van der Waals surface area (Å²) in [6.07, 6.45) is 0. The Morgan fingerprint density at radius 2 is 1.86 bits per heavy atom. The number of nitrogens with two attached hydrogens (primary N) is 1. The molecule has 0 spiro atoms. The molecule has 14 heavy (non-hydrogen) atoms. The normalized spacial score (nSPS) is 11.5. The second kappa shape index (κ2) is 2.25. The van der Waals surface area contributed by atoms with Crippen molar-refractivity contribution in [3.05, 3.63) is 24.3 Å². The van der Waals surface area contributed by atoms with E-state index in [0.29, 0.717) is 5.95 Å². The Hall–Kier alpha value is -2.04. The zero-order valence-electron chi connectivity index (χ0n) is 7.68. The summed E-state index contributed by atoms with van der Waals surface area (Å²) in [5.41, 5.74) is 7.87. The molecule has 0 amide bonds. The second-order valence-corrected chi connectivity index (χ2v) is 3.24. The van der Waals surface area contributed by atoms with Gasteiger partial charge in [0.05, 0.1) is 11.0 Å². The highest BCUT2D eigenvalue weighted by Crippen LogP contribution is 2.19. The predicted molar refractivity (Wildman–Crippen MR) is 53.9 cm³/mol. The van der Waals surface area contributed by atoms with Crippen LogP contribution in [-0.2, 0) is 7.05 Å². The Labute approximate surface area is 79.8 Å². The lowest BCUT2D eigenvalue weighted by Gasteiger charge is -1.92. The molecule has 0 bridgehead atoms. The van der Waals surface area contributed by atoms with Gasteiger partial charge in [-0.2, -0.15) is 0 Å². The molecule has 70 valence electrons. The maximum Gasteiger partial charge on any atom is 0.237 e. The van der Waals surface area contributed by atoms with Gasteiger partial charge in [-0.15, -0.1) is 10.2 Å². The average Bonchev–Trinajstić information content (AvgIpc) is 2.70. The molecule has 0 aliphatic rings. The Bertz CT molecular complexity index is 618. The van der Waals surface area contributed by atoms with Crippen molar-refractivity contribution in [3.63, 3.8) is 0 Å². The molecule has 0 unspecified atom stereocenters. The van der Waals surface area contributed by atoms with Gasteiger partial charge in [0.15, 0.2) is 0 Å². The number of benzene rings is 1. The first-order valence-corrected chi connectivity index (χ1v) is 4.33. The molecule has 1 aromatic carbocycles. The molecule has 2 aromatic heterocycles. The minimum absolute atomic E-state index is 0.428. The number of fused-ring (bicyclic) bond motifs is 3. The van der Waals surface area contributed by atoms with Crippen LogP contribution in [0.1, 0.15) is 0 Å². The summed E-state index contributed by atoms with van der Waals surface area (Å²) < 4.78 is 3.81. The smallest absolute Gasteiger partial charge is 0.237 e. The Morgan fingerprint density at radius 1 is 1.14 bits per heavy atom. The maximum atomic E-state index is 5.73. The van der Waals surface area contributed by atoms with E-state index < -0.39 is 0 Å². The van der Waals surface area contributed by atoms with Gasteiger partial charge in [0.2, 0.25) is 11.7 Å². The van der Waals surface area contributed by atoms with E-state index in [-0.39, 0.29) is 0 Å². The van der Waals surface area contributed by atoms with Gasteiger partial charge in [0.1, 0.15) is 0 Å². The van der Waals surface area contributed by atoms with Crippen molar-refractivity contribution in [3.8, 4) is 0 Å². The highest BCUT2D eigenvalue weighted by Gasteiger charge is 2.11. The second-order valence-electron chi connectivity index (χ2n) is 3.24. The lowest BCUT2D eigenvalue weighted by molar-refractivity contribution is 0.954.